The number of aryl methyl sites for hydroxylation is 6. The van der Waals surface area contributed by atoms with Crippen LogP contribution in [0.1, 0.15) is 47.2 Å². The van der Waals surface area contributed by atoms with E-state index in [0.29, 0.717) is 0 Å². The van der Waals surface area contributed by atoms with Crippen LogP contribution in [0, 0.1) is 27.7 Å². The van der Waals surface area contributed by atoms with Gasteiger partial charge in [0.15, 0.2) is 0 Å². The predicted molar refractivity (Wildman–Crippen MR) is 364 cm³/mol. The zero-order chi connectivity index (χ0) is 56.2. The van der Waals surface area contributed by atoms with Crippen molar-refractivity contribution in [3.8, 4) is 89.0 Å². The highest BCUT2D eigenvalue weighted by Gasteiger charge is 2.32. The van der Waals surface area contributed by atoms with Crippen LogP contribution in [0.15, 0.2) is 231 Å². The average molecular weight is 1070 g/mol. The van der Waals surface area contributed by atoms with Crippen LogP contribution >= 0.6 is 0 Å². The van der Waals surface area contributed by atoms with Crippen LogP contribution in [0.25, 0.3) is 175 Å². The first-order valence-electron chi connectivity index (χ1n) is 30.2. The van der Waals surface area contributed by atoms with Crippen LogP contribution in [-0.4, -0.2) is 0 Å². The van der Waals surface area contributed by atoms with Crippen molar-refractivity contribution in [2.24, 2.45) is 0 Å². The first-order chi connectivity index (χ1) is 41.3. The number of hydrogen-bond acceptors (Lipinski definition) is 0. The second-order valence-electron chi connectivity index (χ2n) is 24.1. The Balaban J connectivity index is 0.885. The van der Waals surface area contributed by atoms with Crippen molar-refractivity contribution in [3.05, 3.63) is 264 Å². The first-order valence-corrected chi connectivity index (χ1v) is 30.2. The monoisotopic (exact) mass is 1070 g/mol. The molecule has 1 aliphatic carbocycles. The summed E-state index contributed by atoms with van der Waals surface area (Å²) in [6, 6.07) is 88.8. The maximum Gasteiger partial charge on any atom is -0.000763 e. The van der Waals surface area contributed by atoms with Crippen LogP contribution in [0.5, 0.6) is 0 Å². The fourth-order valence-corrected chi connectivity index (χ4v) is 15.6. The van der Waals surface area contributed by atoms with Gasteiger partial charge in [-0.3, -0.25) is 0 Å². The Morgan fingerprint density at radius 3 is 1.00 bits per heavy atom. The maximum absolute atomic E-state index is 2.49. The highest BCUT2D eigenvalue weighted by Crippen LogP contribution is 2.59. The molecule has 17 rings (SSSR count). The number of hydrogen-bond donors (Lipinski definition) is 0. The molecule has 0 N–H and O–H groups in total. The molecule has 0 saturated carbocycles. The topological polar surface area (TPSA) is 0 Å². The highest BCUT2D eigenvalue weighted by molar-refractivity contribution is 6.42. The van der Waals surface area contributed by atoms with Gasteiger partial charge in [0.2, 0.25) is 0 Å². The quantitative estimate of drug-likeness (QED) is 0.142. The summed E-state index contributed by atoms with van der Waals surface area (Å²) in [6.45, 7) is 13.5. The molecule has 84 heavy (non-hydrogen) atoms. The van der Waals surface area contributed by atoms with Gasteiger partial charge in [0.1, 0.15) is 0 Å². The first kappa shape index (κ1) is 48.8. The molecule has 0 atom stereocenters. The molecule has 1 aliphatic rings. The second kappa shape index (κ2) is 18.3. The molecule has 16 aromatic carbocycles. The minimum Gasteiger partial charge on any atom is -0.0616 e. The number of rotatable bonds is 8. The summed E-state index contributed by atoms with van der Waals surface area (Å²) in [5, 5.41) is 21.8. The second-order valence-corrected chi connectivity index (χ2v) is 24.1. The largest absolute Gasteiger partial charge is 0.0616 e. The van der Waals surface area contributed by atoms with Gasteiger partial charge in [0.25, 0.3) is 0 Å². The van der Waals surface area contributed by atoms with Crippen molar-refractivity contribution in [1.29, 1.82) is 0 Å². The summed E-state index contributed by atoms with van der Waals surface area (Å²) < 4.78 is 0. The van der Waals surface area contributed by atoms with E-state index in [0.717, 1.165) is 12.8 Å². The minimum absolute atomic E-state index is 0.935. The highest BCUT2D eigenvalue weighted by atomic mass is 14.3. The minimum atomic E-state index is 0.935. The molecule has 0 unspecified atom stereocenters. The molecule has 16 aromatic rings. The lowest BCUT2D eigenvalue weighted by atomic mass is 9.82. The van der Waals surface area contributed by atoms with Crippen molar-refractivity contribution in [1.82, 2.24) is 0 Å². The van der Waals surface area contributed by atoms with Gasteiger partial charge in [-0.2, -0.15) is 0 Å². The third kappa shape index (κ3) is 6.83. The Labute approximate surface area is 490 Å². The van der Waals surface area contributed by atoms with Crippen molar-refractivity contribution in [2.45, 2.75) is 54.4 Å². The molecule has 0 fully saturated rings. The molecule has 0 aliphatic heterocycles. The van der Waals surface area contributed by atoms with E-state index in [-0.39, 0.29) is 0 Å². The van der Waals surface area contributed by atoms with E-state index in [2.05, 4.69) is 272 Å². The molecule has 0 heterocycles. The summed E-state index contributed by atoms with van der Waals surface area (Å²) in [7, 11) is 0. The molecule has 0 nitrogen and oxygen atoms in total. The Bertz CT molecular complexity index is 5360. The van der Waals surface area contributed by atoms with Gasteiger partial charge in [-0.1, -0.05) is 261 Å². The van der Waals surface area contributed by atoms with E-state index < -0.39 is 0 Å². The van der Waals surface area contributed by atoms with Gasteiger partial charge in [-0.15, -0.1) is 0 Å². The zero-order valence-electron chi connectivity index (χ0n) is 48.4. The zero-order valence-corrected chi connectivity index (χ0v) is 48.4. The van der Waals surface area contributed by atoms with Gasteiger partial charge in [0, 0.05) is 0 Å². The molecule has 0 amide bonds. The lowest BCUT2D eigenvalue weighted by molar-refractivity contribution is 1.16. The lowest BCUT2D eigenvalue weighted by Gasteiger charge is -2.21. The summed E-state index contributed by atoms with van der Waals surface area (Å²) in [6.07, 6.45) is 1.87. The van der Waals surface area contributed by atoms with E-state index in [1.54, 1.807) is 0 Å². The summed E-state index contributed by atoms with van der Waals surface area (Å²) >= 11 is 0. The van der Waals surface area contributed by atoms with E-state index in [4.69, 9.17) is 0 Å². The fraction of sp³-hybridized carbons (Fsp3) is 0.0952. The Hall–Kier alpha value is -9.88. The summed E-state index contributed by atoms with van der Waals surface area (Å²) in [5.74, 6) is 0. The Morgan fingerprint density at radius 2 is 0.524 bits per heavy atom. The molecule has 0 bridgehead atoms. The van der Waals surface area contributed by atoms with Crippen LogP contribution in [0.3, 0.4) is 0 Å². The SMILES string of the molecule is CCc1c2c3cccc4c(-c5ccc(-c6ccc(C)cc6)c6ccccc56)ccc(c2c(CC)c2c5ccc(-c6ccc7c8c(cccc68)-c6c(-c8ccc(C)cc8)c(-c8ccc(C)cc8)cc(-c8ccc(C)cc8)c6-7)c6cccc(c12)c65)c43. The third-order valence-corrected chi connectivity index (χ3v) is 19.4. The van der Waals surface area contributed by atoms with Crippen LogP contribution in [0.4, 0.5) is 0 Å². The lowest BCUT2D eigenvalue weighted by Crippen LogP contribution is -1.95. The molecule has 396 valence electrons. The summed E-state index contributed by atoms with van der Waals surface area (Å²) in [4.78, 5) is 0. The van der Waals surface area contributed by atoms with Gasteiger partial charge in [0.05, 0.1) is 0 Å². The van der Waals surface area contributed by atoms with Crippen molar-refractivity contribution >= 4 is 86.2 Å². The fourth-order valence-electron chi connectivity index (χ4n) is 15.6. The smallest absolute Gasteiger partial charge is 0.000763 e. The number of fused-ring (bicyclic) bond motifs is 10. The molecule has 0 spiro atoms. The molecular formula is C84H60. The molecule has 0 heteroatoms. The van der Waals surface area contributed by atoms with Gasteiger partial charge in [-0.05, 0) is 233 Å². The van der Waals surface area contributed by atoms with E-state index >= 15 is 0 Å². The van der Waals surface area contributed by atoms with Crippen LogP contribution < -0.4 is 0 Å². The molecule has 0 radical (unpaired) electrons. The van der Waals surface area contributed by atoms with Crippen molar-refractivity contribution in [2.75, 3.05) is 0 Å². The third-order valence-electron chi connectivity index (χ3n) is 19.4. The van der Waals surface area contributed by atoms with Gasteiger partial charge < -0.3 is 0 Å². The Kier molecular flexibility index (Phi) is 10.6. The molecular weight excluding hydrogens is 1010 g/mol. The molecule has 0 saturated heterocycles. The van der Waals surface area contributed by atoms with Crippen molar-refractivity contribution in [3.63, 3.8) is 0 Å². The van der Waals surface area contributed by atoms with Gasteiger partial charge in [-0.25, -0.2) is 0 Å². The van der Waals surface area contributed by atoms with Crippen molar-refractivity contribution < 1.29 is 0 Å². The van der Waals surface area contributed by atoms with E-state index in [9.17, 15) is 0 Å². The van der Waals surface area contributed by atoms with Gasteiger partial charge >= 0.3 is 0 Å². The predicted octanol–water partition coefficient (Wildman–Crippen LogP) is 23.8. The Morgan fingerprint density at radius 1 is 0.202 bits per heavy atom. The standard InChI is InChI=1S/C84H60/c1-7-55-79-67-19-11-16-64-61(60-39-38-57(51-30-22-47(3)23-31-51)58-14-9-10-15-59(58)60)40-43-70(76(64)67)81(79)56(8-2)82-71-44-41-62(65-17-12-20-68(77(65)71)80(55)82)63-42-45-72-78-66(63)18-13-21-69(78)84-75(54-36-28-50(6)29-37-54)73(52-32-24-48(4)25-33-52)46-74(83(72)84)53-34-26-49(5)27-35-53/h9-46H,7-8H2,1-6H3. The normalized spacial score (nSPS) is 12.3. The number of benzene rings is 14. The van der Waals surface area contributed by atoms with E-state index in [1.165, 1.54) is 209 Å². The summed E-state index contributed by atoms with van der Waals surface area (Å²) in [5.41, 5.74) is 28.4. The van der Waals surface area contributed by atoms with E-state index in [1.807, 2.05) is 0 Å². The molecule has 0 aromatic heterocycles. The van der Waals surface area contributed by atoms with Crippen LogP contribution in [-0.2, 0) is 12.8 Å². The maximum atomic E-state index is 2.49. The van der Waals surface area contributed by atoms with Crippen LogP contribution in [0.2, 0.25) is 0 Å². The average Bonchev–Trinajstić information content (AvgIpc) is 1.63.